The predicted octanol–water partition coefficient (Wildman–Crippen LogP) is 4.31. The second kappa shape index (κ2) is 8.82. The summed E-state index contributed by atoms with van der Waals surface area (Å²) in [6, 6.07) is 0. The number of unbranched alkanes of at least 4 members (excludes halogenated alkanes) is 2. The molecule has 0 spiro atoms. The van der Waals surface area contributed by atoms with Gasteiger partial charge in [0.15, 0.2) is 0 Å². The molecule has 0 aliphatic carbocycles. The third kappa shape index (κ3) is 4.84. The Balaban J connectivity index is 2.90. The van der Waals surface area contributed by atoms with Crippen LogP contribution in [0.15, 0.2) is 0 Å². The maximum absolute atomic E-state index is 12.1. The van der Waals surface area contributed by atoms with E-state index in [9.17, 15) is 9.59 Å². The number of thiophene rings is 1. The maximum atomic E-state index is 12.1. The van der Waals surface area contributed by atoms with E-state index >= 15 is 0 Å². The first-order valence-electron chi connectivity index (χ1n) is 7.64. The molecule has 0 bridgehead atoms. The van der Waals surface area contributed by atoms with Crippen molar-refractivity contribution in [1.29, 1.82) is 0 Å². The third-order valence-electron chi connectivity index (χ3n) is 3.30. The fraction of sp³-hybridized carbons (Fsp3) is 0.625. The molecule has 0 saturated heterocycles. The van der Waals surface area contributed by atoms with Crippen molar-refractivity contribution in [3.05, 3.63) is 16.0 Å². The smallest absolute Gasteiger partial charge is 0.341 e. The van der Waals surface area contributed by atoms with Crippen molar-refractivity contribution in [2.24, 2.45) is 0 Å². The maximum Gasteiger partial charge on any atom is 0.341 e. The monoisotopic (exact) mass is 311 g/mol. The number of anilines is 1. The topological polar surface area (TPSA) is 55.4 Å². The quantitative estimate of drug-likeness (QED) is 0.575. The van der Waals surface area contributed by atoms with Crippen LogP contribution in [0, 0.1) is 6.92 Å². The van der Waals surface area contributed by atoms with E-state index in [0.717, 1.165) is 36.1 Å². The summed E-state index contributed by atoms with van der Waals surface area (Å²) in [7, 11) is 0. The van der Waals surface area contributed by atoms with Gasteiger partial charge in [-0.25, -0.2) is 4.79 Å². The molecule has 1 aromatic heterocycles. The lowest BCUT2D eigenvalue weighted by atomic mass is 10.1. The number of rotatable bonds is 8. The summed E-state index contributed by atoms with van der Waals surface area (Å²) in [6.45, 7) is 8.20. The Morgan fingerprint density at radius 3 is 2.48 bits per heavy atom. The van der Waals surface area contributed by atoms with Gasteiger partial charge in [-0.05, 0) is 32.3 Å². The van der Waals surface area contributed by atoms with Crippen molar-refractivity contribution in [2.75, 3.05) is 11.9 Å². The van der Waals surface area contributed by atoms with Crippen LogP contribution in [-0.2, 0) is 16.0 Å². The van der Waals surface area contributed by atoms with Crippen molar-refractivity contribution in [2.45, 2.75) is 59.8 Å². The van der Waals surface area contributed by atoms with Crippen molar-refractivity contribution < 1.29 is 14.3 Å². The molecule has 0 fully saturated rings. The van der Waals surface area contributed by atoms with Crippen LogP contribution in [0.5, 0.6) is 0 Å². The van der Waals surface area contributed by atoms with Gasteiger partial charge >= 0.3 is 5.97 Å². The van der Waals surface area contributed by atoms with Crippen molar-refractivity contribution in [3.8, 4) is 0 Å². The fourth-order valence-corrected chi connectivity index (χ4v) is 3.39. The number of amides is 1. The van der Waals surface area contributed by atoms with E-state index in [0.29, 0.717) is 23.6 Å². The lowest BCUT2D eigenvalue weighted by Crippen LogP contribution is -2.14. The zero-order valence-corrected chi connectivity index (χ0v) is 14.2. The van der Waals surface area contributed by atoms with Crippen LogP contribution in [0.2, 0.25) is 0 Å². The highest BCUT2D eigenvalue weighted by molar-refractivity contribution is 7.16. The van der Waals surface area contributed by atoms with Crippen molar-refractivity contribution >= 4 is 28.2 Å². The molecule has 118 valence electrons. The highest BCUT2D eigenvalue weighted by Crippen LogP contribution is 2.34. The second-order valence-electron chi connectivity index (χ2n) is 4.92. The minimum Gasteiger partial charge on any atom is -0.462 e. The zero-order valence-electron chi connectivity index (χ0n) is 13.4. The average Bonchev–Trinajstić information content (AvgIpc) is 2.74. The molecule has 5 heteroatoms. The van der Waals surface area contributed by atoms with Crippen molar-refractivity contribution in [1.82, 2.24) is 0 Å². The van der Waals surface area contributed by atoms with Gasteiger partial charge in [0, 0.05) is 11.3 Å². The molecule has 1 amide bonds. The number of hydrogen-bond donors (Lipinski definition) is 1. The molecule has 0 saturated carbocycles. The van der Waals surface area contributed by atoms with Gasteiger partial charge in [0.1, 0.15) is 5.00 Å². The first kappa shape index (κ1) is 17.7. The van der Waals surface area contributed by atoms with Crippen molar-refractivity contribution in [3.63, 3.8) is 0 Å². The molecular formula is C16H25NO3S. The van der Waals surface area contributed by atoms with Crippen LogP contribution < -0.4 is 5.32 Å². The SMILES string of the molecule is CCCCCC(=O)Nc1sc(C)c(CC)c1C(=O)OCC. The number of carbonyl (C=O) groups is 2. The molecule has 0 radical (unpaired) electrons. The number of hydrogen-bond acceptors (Lipinski definition) is 4. The van der Waals surface area contributed by atoms with E-state index in [4.69, 9.17) is 4.74 Å². The summed E-state index contributed by atoms with van der Waals surface area (Å²) in [5, 5.41) is 3.51. The van der Waals surface area contributed by atoms with Crippen LogP contribution in [0.1, 0.15) is 67.3 Å². The number of aryl methyl sites for hydroxylation is 1. The third-order valence-corrected chi connectivity index (χ3v) is 4.37. The lowest BCUT2D eigenvalue weighted by molar-refractivity contribution is -0.116. The minimum absolute atomic E-state index is 0.0297. The zero-order chi connectivity index (χ0) is 15.8. The summed E-state index contributed by atoms with van der Waals surface area (Å²) in [4.78, 5) is 25.2. The summed E-state index contributed by atoms with van der Waals surface area (Å²) >= 11 is 1.45. The van der Waals surface area contributed by atoms with Gasteiger partial charge < -0.3 is 10.1 Å². The summed E-state index contributed by atoms with van der Waals surface area (Å²) in [5.41, 5.74) is 1.51. The largest absolute Gasteiger partial charge is 0.462 e. The molecule has 1 heterocycles. The predicted molar refractivity (Wildman–Crippen MR) is 87.2 cm³/mol. The van der Waals surface area contributed by atoms with Gasteiger partial charge in [-0.2, -0.15) is 0 Å². The molecule has 0 atom stereocenters. The van der Waals surface area contributed by atoms with E-state index in [1.54, 1.807) is 6.92 Å². The molecule has 0 aliphatic heterocycles. The van der Waals surface area contributed by atoms with Gasteiger partial charge in [0.25, 0.3) is 0 Å². The highest BCUT2D eigenvalue weighted by Gasteiger charge is 2.23. The molecular weight excluding hydrogens is 286 g/mol. The van der Waals surface area contributed by atoms with Gasteiger partial charge in [0.05, 0.1) is 12.2 Å². The van der Waals surface area contributed by atoms with E-state index in [-0.39, 0.29) is 11.9 Å². The number of nitrogens with one attached hydrogen (secondary N) is 1. The summed E-state index contributed by atoms with van der Waals surface area (Å²) in [5.74, 6) is -0.375. The Kier molecular flexibility index (Phi) is 7.43. The average molecular weight is 311 g/mol. The Labute approximate surface area is 130 Å². The summed E-state index contributed by atoms with van der Waals surface area (Å²) < 4.78 is 5.12. The number of ether oxygens (including phenoxy) is 1. The first-order chi connectivity index (χ1) is 10.0. The Morgan fingerprint density at radius 1 is 1.19 bits per heavy atom. The van der Waals surface area contributed by atoms with Gasteiger partial charge in [-0.1, -0.05) is 26.7 Å². The molecule has 1 rings (SSSR count). The van der Waals surface area contributed by atoms with E-state index in [1.807, 2.05) is 13.8 Å². The van der Waals surface area contributed by atoms with Gasteiger partial charge in [0.2, 0.25) is 5.91 Å². The first-order valence-corrected chi connectivity index (χ1v) is 8.45. The Morgan fingerprint density at radius 2 is 1.90 bits per heavy atom. The minimum atomic E-state index is -0.345. The molecule has 0 unspecified atom stereocenters. The van der Waals surface area contributed by atoms with Crippen LogP contribution in [0.3, 0.4) is 0 Å². The molecule has 0 aromatic carbocycles. The van der Waals surface area contributed by atoms with Crippen LogP contribution in [0.4, 0.5) is 5.00 Å². The van der Waals surface area contributed by atoms with E-state index in [2.05, 4.69) is 12.2 Å². The van der Waals surface area contributed by atoms with Crippen LogP contribution in [-0.4, -0.2) is 18.5 Å². The van der Waals surface area contributed by atoms with E-state index < -0.39 is 0 Å². The van der Waals surface area contributed by atoms with Crippen LogP contribution in [0.25, 0.3) is 0 Å². The summed E-state index contributed by atoms with van der Waals surface area (Å²) in [6.07, 6.45) is 4.25. The highest BCUT2D eigenvalue weighted by atomic mass is 32.1. The number of esters is 1. The fourth-order valence-electron chi connectivity index (χ4n) is 2.24. The molecule has 1 aromatic rings. The Hall–Kier alpha value is -1.36. The molecule has 1 N–H and O–H groups in total. The number of carbonyl (C=O) groups excluding carboxylic acids is 2. The van der Waals surface area contributed by atoms with Crippen LogP contribution >= 0.6 is 11.3 Å². The van der Waals surface area contributed by atoms with E-state index in [1.165, 1.54) is 11.3 Å². The standard InChI is InChI=1S/C16H25NO3S/c1-5-8-9-10-13(18)17-15-14(16(19)20-7-3)12(6-2)11(4)21-15/h5-10H2,1-4H3,(H,17,18). The normalized spacial score (nSPS) is 10.5. The molecule has 4 nitrogen and oxygen atoms in total. The molecule has 0 aliphatic rings. The Bertz CT molecular complexity index is 494. The second-order valence-corrected chi connectivity index (χ2v) is 6.14. The van der Waals surface area contributed by atoms with Gasteiger partial charge in [-0.3, -0.25) is 4.79 Å². The lowest BCUT2D eigenvalue weighted by Gasteiger charge is -2.07. The van der Waals surface area contributed by atoms with Gasteiger partial charge in [-0.15, -0.1) is 11.3 Å². The molecule has 21 heavy (non-hydrogen) atoms.